The van der Waals surface area contributed by atoms with Gasteiger partial charge in [0.2, 0.25) is 0 Å². The largest absolute Gasteiger partial charge is 0.464 e. The molecule has 0 spiro atoms. The third-order valence-electron chi connectivity index (χ3n) is 2.01. The SMILES string of the molecule is COC(=O)c1cc2ccc(N)cc2nn1. The number of fused-ring (bicyclic) bond motifs is 1. The molecule has 0 fully saturated rings. The number of hydrogen-bond donors (Lipinski definition) is 1. The lowest BCUT2D eigenvalue weighted by molar-refractivity contribution is 0.0593. The van der Waals surface area contributed by atoms with E-state index in [1.54, 1.807) is 24.3 Å². The van der Waals surface area contributed by atoms with Crippen LogP contribution in [0.15, 0.2) is 24.3 Å². The Labute approximate surface area is 85.9 Å². The third kappa shape index (κ3) is 1.71. The Bertz CT molecular complexity index is 525. The van der Waals surface area contributed by atoms with Crippen LogP contribution in [0.25, 0.3) is 10.9 Å². The van der Waals surface area contributed by atoms with Crippen LogP contribution in [-0.4, -0.2) is 23.3 Å². The molecule has 2 rings (SSSR count). The van der Waals surface area contributed by atoms with E-state index in [4.69, 9.17) is 5.73 Å². The summed E-state index contributed by atoms with van der Waals surface area (Å²) in [5.41, 5.74) is 7.05. The molecule has 2 N–H and O–H groups in total. The van der Waals surface area contributed by atoms with E-state index in [2.05, 4.69) is 14.9 Å². The van der Waals surface area contributed by atoms with Gasteiger partial charge in [-0.25, -0.2) is 4.79 Å². The lowest BCUT2D eigenvalue weighted by atomic mass is 10.2. The first kappa shape index (κ1) is 9.39. The number of aromatic nitrogens is 2. The van der Waals surface area contributed by atoms with Crippen LogP contribution < -0.4 is 5.73 Å². The smallest absolute Gasteiger partial charge is 0.358 e. The molecular formula is C10H9N3O2. The Morgan fingerprint density at radius 3 is 2.87 bits per heavy atom. The van der Waals surface area contributed by atoms with E-state index in [0.29, 0.717) is 11.2 Å². The second-order valence-corrected chi connectivity index (χ2v) is 3.04. The maximum Gasteiger partial charge on any atom is 0.358 e. The van der Waals surface area contributed by atoms with Crippen molar-refractivity contribution < 1.29 is 9.53 Å². The van der Waals surface area contributed by atoms with Gasteiger partial charge in [-0.15, -0.1) is 10.2 Å². The summed E-state index contributed by atoms with van der Waals surface area (Å²) in [6.45, 7) is 0. The molecule has 0 bridgehead atoms. The Morgan fingerprint density at radius 2 is 2.13 bits per heavy atom. The first-order chi connectivity index (χ1) is 7.20. The molecule has 0 aliphatic carbocycles. The Hall–Kier alpha value is -2.17. The fourth-order valence-corrected chi connectivity index (χ4v) is 1.26. The molecule has 0 aliphatic rings. The van der Waals surface area contributed by atoms with E-state index in [-0.39, 0.29) is 5.69 Å². The molecule has 1 aromatic heterocycles. The molecule has 5 heteroatoms. The van der Waals surface area contributed by atoms with Crippen molar-refractivity contribution in [2.75, 3.05) is 12.8 Å². The molecule has 0 unspecified atom stereocenters. The van der Waals surface area contributed by atoms with E-state index < -0.39 is 5.97 Å². The first-order valence-electron chi connectivity index (χ1n) is 4.32. The second-order valence-electron chi connectivity index (χ2n) is 3.04. The average Bonchev–Trinajstić information content (AvgIpc) is 2.27. The topological polar surface area (TPSA) is 78.1 Å². The first-order valence-corrected chi connectivity index (χ1v) is 4.32. The molecule has 1 heterocycles. The van der Waals surface area contributed by atoms with Crippen molar-refractivity contribution in [3.05, 3.63) is 30.0 Å². The molecule has 0 saturated heterocycles. The number of carbonyl (C=O) groups is 1. The average molecular weight is 203 g/mol. The van der Waals surface area contributed by atoms with E-state index >= 15 is 0 Å². The van der Waals surface area contributed by atoms with Crippen LogP contribution >= 0.6 is 0 Å². The van der Waals surface area contributed by atoms with Crippen LogP contribution in [0.4, 0.5) is 5.69 Å². The molecule has 76 valence electrons. The van der Waals surface area contributed by atoms with Crippen LogP contribution in [0.1, 0.15) is 10.5 Å². The van der Waals surface area contributed by atoms with Crippen LogP contribution in [-0.2, 0) is 4.74 Å². The summed E-state index contributed by atoms with van der Waals surface area (Å²) in [7, 11) is 1.30. The number of methoxy groups -OCH3 is 1. The molecule has 2 aromatic rings. The van der Waals surface area contributed by atoms with Gasteiger partial charge in [0.15, 0.2) is 5.69 Å². The summed E-state index contributed by atoms with van der Waals surface area (Å²) in [5, 5.41) is 8.42. The maximum absolute atomic E-state index is 11.2. The summed E-state index contributed by atoms with van der Waals surface area (Å²) in [6, 6.07) is 6.84. The summed E-state index contributed by atoms with van der Waals surface area (Å²) in [6.07, 6.45) is 0. The number of anilines is 1. The molecular weight excluding hydrogens is 194 g/mol. The summed E-state index contributed by atoms with van der Waals surface area (Å²) < 4.78 is 4.54. The van der Waals surface area contributed by atoms with Gasteiger partial charge in [0, 0.05) is 11.1 Å². The van der Waals surface area contributed by atoms with Gasteiger partial charge >= 0.3 is 5.97 Å². The standard InChI is InChI=1S/C10H9N3O2/c1-15-10(14)9-4-6-2-3-7(11)5-8(6)12-13-9/h2-5H,11H2,1H3. The van der Waals surface area contributed by atoms with Crippen molar-refractivity contribution in [2.24, 2.45) is 0 Å². The number of hydrogen-bond acceptors (Lipinski definition) is 5. The van der Waals surface area contributed by atoms with Gasteiger partial charge in [0.05, 0.1) is 12.6 Å². The molecule has 0 saturated carbocycles. The van der Waals surface area contributed by atoms with Gasteiger partial charge in [-0.2, -0.15) is 0 Å². The number of nitrogens with two attached hydrogens (primary N) is 1. The minimum absolute atomic E-state index is 0.190. The van der Waals surface area contributed by atoms with Crippen molar-refractivity contribution >= 4 is 22.6 Å². The summed E-state index contributed by atoms with van der Waals surface area (Å²) in [4.78, 5) is 11.2. The highest BCUT2D eigenvalue weighted by atomic mass is 16.5. The number of esters is 1. The number of ether oxygens (including phenoxy) is 1. The van der Waals surface area contributed by atoms with Crippen molar-refractivity contribution in [1.29, 1.82) is 0 Å². The minimum Gasteiger partial charge on any atom is -0.464 e. The molecule has 0 atom stereocenters. The van der Waals surface area contributed by atoms with Crippen LogP contribution in [0.5, 0.6) is 0 Å². The lowest BCUT2D eigenvalue weighted by Crippen LogP contribution is -2.05. The van der Waals surface area contributed by atoms with Crippen LogP contribution in [0.2, 0.25) is 0 Å². The zero-order valence-electron chi connectivity index (χ0n) is 8.10. The molecule has 0 amide bonds. The zero-order valence-corrected chi connectivity index (χ0v) is 8.10. The van der Waals surface area contributed by atoms with Gasteiger partial charge in [-0.3, -0.25) is 0 Å². The fourth-order valence-electron chi connectivity index (χ4n) is 1.26. The third-order valence-corrected chi connectivity index (χ3v) is 2.01. The number of carbonyl (C=O) groups excluding carboxylic acids is 1. The van der Waals surface area contributed by atoms with Crippen molar-refractivity contribution in [3.8, 4) is 0 Å². The van der Waals surface area contributed by atoms with E-state index in [9.17, 15) is 4.79 Å². The number of nitrogens with zero attached hydrogens (tertiary/aromatic N) is 2. The number of benzene rings is 1. The predicted molar refractivity (Wildman–Crippen MR) is 55.3 cm³/mol. The second kappa shape index (κ2) is 3.53. The molecule has 15 heavy (non-hydrogen) atoms. The molecule has 1 aromatic carbocycles. The van der Waals surface area contributed by atoms with Gasteiger partial charge < -0.3 is 10.5 Å². The quantitative estimate of drug-likeness (QED) is 0.552. The highest BCUT2D eigenvalue weighted by molar-refractivity contribution is 5.92. The highest BCUT2D eigenvalue weighted by Gasteiger charge is 2.08. The van der Waals surface area contributed by atoms with Gasteiger partial charge in [-0.1, -0.05) is 6.07 Å². The van der Waals surface area contributed by atoms with Crippen LogP contribution in [0, 0.1) is 0 Å². The summed E-state index contributed by atoms with van der Waals surface area (Å²) >= 11 is 0. The Kier molecular flexibility index (Phi) is 2.21. The number of rotatable bonds is 1. The van der Waals surface area contributed by atoms with E-state index in [0.717, 1.165) is 5.39 Å². The summed E-state index contributed by atoms with van der Waals surface area (Å²) in [5.74, 6) is -0.499. The Morgan fingerprint density at radius 1 is 1.33 bits per heavy atom. The predicted octanol–water partition coefficient (Wildman–Crippen LogP) is 0.999. The van der Waals surface area contributed by atoms with Crippen molar-refractivity contribution in [1.82, 2.24) is 10.2 Å². The van der Waals surface area contributed by atoms with Gasteiger partial charge in [-0.05, 0) is 18.2 Å². The van der Waals surface area contributed by atoms with Crippen LogP contribution in [0.3, 0.4) is 0 Å². The molecule has 0 aliphatic heterocycles. The maximum atomic E-state index is 11.2. The molecule has 0 radical (unpaired) electrons. The minimum atomic E-state index is -0.499. The monoisotopic (exact) mass is 203 g/mol. The van der Waals surface area contributed by atoms with Crippen molar-refractivity contribution in [3.63, 3.8) is 0 Å². The van der Waals surface area contributed by atoms with Gasteiger partial charge in [0.1, 0.15) is 0 Å². The van der Waals surface area contributed by atoms with E-state index in [1.165, 1.54) is 7.11 Å². The lowest BCUT2D eigenvalue weighted by Gasteiger charge is -2.00. The Balaban J connectivity index is 2.57. The van der Waals surface area contributed by atoms with Crippen molar-refractivity contribution in [2.45, 2.75) is 0 Å². The fraction of sp³-hybridized carbons (Fsp3) is 0.100. The normalized spacial score (nSPS) is 10.2. The highest BCUT2D eigenvalue weighted by Crippen LogP contribution is 2.15. The van der Waals surface area contributed by atoms with Gasteiger partial charge in [0.25, 0.3) is 0 Å². The molecule has 5 nitrogen and oxygen atoms in total. The zero-order chi connectivity index (χ0) is 10.8. The van der Waals surface area contributed by atoms with E-state index in [1.807, 2.05) is 0 Å². The number of nitrogen functional groups attached to an aromatic ring is 1.